The molecule has 0 saturated heterocycles. The van der Waals surface area contributed by atoms with Crippen molar-refractivity contribution in [3.8, 4) is 16.9 Å². The fourth-order valence-electron chi connectivity index (χ4n) is 3.21. The number of nitrogens with zero attached hydrogens (tertiary/aromatic N) is 1. The molecule has 1 N–H and O–H groups in total. The van der Waals surface area contributed by atoms with E-state index >= 15 is 0 Å². The van der Waals surface area contributed by atoms with E-state index in [9.17, 15) is 35.9 Å². The summed E-state index contributed by atoms with van der Waals surface area (Å²) in [6.45, 7) is 2.73. The van der Waals surface area contributed by atoms with E-state index in [0.717, 1.165) is 0 Å². The number of nitrogens with one attached hydrogen (secondary N) is 1. The predicted molar refractivity (Wildman–Crippen MR) is 118 cm³/mol. The molecule has 0 aliphatic rings. The Bertz CT molecular complexity index is 1220. The van der Waals surface area contributed by atoms with Gasteiger partial charge < -0.3 is 10.1 Å². The van der Waals surface area contributed by atoms with Crippen LogP contribution in [0.1, 0.15) is 41.0 Å². The molecule has 3 aromatic rings. The third kappa shape index (κ3) is 6.41. The standard InChI is InChI=1S/C25H20F6N2O3/c1-14(2)23(35)36-21-8-5-6-18(19(21)13-33-22(34)20-7-3-4-9-32-20)15-10-16(24(26,27)28)12-17(11-15)25(29,30)31/h3-12,14H,13H2,1-2H3,(H,33,34). The van der Waals surface area contributed by atoms with Crippen molar-refractivity contribution in [1.29, 1.82) is 0 Å². The normalized spacial score (nSPS) is 11.9. The molecule has 0 unspecified atom stereocenters. The van der Waals surface area contributed by atoms with Crippen molar-refractivity contribution in [2.75, 3.05) is 0 Å². The number of ether oxygens (including phenoxy) is 1. The predicted octanol–water partition coefficient (Wildman–Crippen LogP) is 6.28. The first-order chi connectivity index (χ1) is 16.8. The van der Waals surface area contributed by atoms with Crippen molar-refractivity contribution in [1.82, 2.24) is 10.3 Å². The SMILES string of the molecule is CC(C)C(=O)Oc1cccc(-c2cc(C(F)(F)F)cc(C(F)(F)F)c2)c1CNC(=O)c1ccccn1. The molecule has 0 saturated carbocycles. The van der Waals surface area contributed by atoms with E-state index in [0.29, 0.717) is 12.1 Å². The number of pyridine rings is 1. The first kappa shape index (κ1) is 26.7. The zero-order valence-electron chi connectivity index (χ0n) is 19.0. The van der Waals surface area contributed by atoms with Crippen LogP contribution in [0.3, 0.4) is 0 Å². The summed E-state index contributed by atoms with van der Waals surface area (Å²) in [5.74, 6) is -2.01. The van der Waals surface area contributed by atoms with E-state index in [4.69, 9.17) is 4.74 Å². The maximum atomic E-state index is 13.4. The monoisotopic (exact) mass is 510 g/mol. The minimum atomic E-state index is -5.05. The molecule has 1 heterocycles. The Kier molecular flexibility index (Phi) is 7.71. The van der Waals surface area contributed by atoms with Crippen LogP contribution < -0.4 is 10.1 Å². The molecule has 0 aliphatic carbocycles. The summed E-state index contributed by atoms with van der Waals surface area (Å²) in [5, 5.41) is 2.52. The Morgan fingerprint density at radius 3 is 2.08 bits per heavy atom. The molecule has 36 heavy (non-hydrogen) atoms. The molecule has 2 aromatic carbocycles. The number of aromatic nitrogens is 1. The van der Waals surface area contributed by atoms with Crippen molar-refractivity contribution in [3.63, 3.8) is 0 Å². The molecule has 0 radical (unpaired) electrons. The Balaban J connectivity index is 2.14. The number of carbonyl (C=O) groups is 2. The second-order valence-electron chi connectivity index (χ2n) is 8.05. The van der Waals surface area contributed by atoms with Crippen molar-refractivity contribution < 1.29 is 40.7 Å². The third-order valence-corrected chi connectivity index (χ3v) is 5.04. The molecule has 0 atom stereocenters. The van der Waals surface area contributed by atoms with Crippen LogP contribution in [0.4, 0.5) is 26.3 Å². The van der Waals surface area contributed by atoms with Gasteiger partial charge in [-0.2, -0.15) is 26.3 Å². The number of esters is 1. The minimum Gasteiger partial charge on any atom is -0.426 e. The van der Waals surface area contributed by atoms with Crippen LogP contribution in [0.15, 0.2) is 60.8 Å². The lowest BCUT2D eigenvalue weighted by Crippen LogP contribution is -2.25. The van der Waals surface area contributed by atoms with Crippen LogP contribution in [0.2, 0.25) is 0 Å². The first-order valence-electron chi connectivity index (χ1n) is 10.6. The molecular formula is C25H20F6N2O3. The van der Waals surface area contributed by atoms with Gasteiger partial charge in [0.25, 0.3) is 5.91 Å². The van der Waals surface area contributed by atoms with Gasteiger partial charge in [0.1, 0.15) is 11.4 Å². The zero-order valence-corrected chi connectivity index (χ0v) is 19.0. The number of benzene rings is 2. The fourth-order valence-corrected chi connectivity index (χ4v) is 3.21. The Hall–Kier alpha value is -3.89. The molecule has 11 heteroatoms. The maximum absolute atomic E-state index is 13.4. The summed E-state index contributed by atoms with van der Waals surface area (Å²) in [5.41, 5.74) is -3.44. The highest BCUT2D eigenvalue weighted by Gasteiger charge is 2.37. The quantitative estimate of drug-likeness (QED) is 0.241. The van der Waals surface area contributed by atoms with Gasteiger partial charge in [-0.1, -0.05) is 32.0 Å². The molecular weight excluding hydrogens is 490 g/mol. The van der Waals surface area contributed by atoms with E-state index in [-0.39, 0.29) is 35.2 Å². The molecule has 5 nitrogen and oxygen atoms in total. The summed E-state index contributed by atoms with van der Waals surface area (Å²) in [7, 11) is 0. The lowest BCUT2D eigenvalue weighted by atomic mass is 9.94. The number of hydrogen-bond donors (Lipinski definition) is 1. The number of alkyl halides is 6. The average Bonchev–Trinajstić information content (AvgIpc) is 2.82. The van der Waals surface area contributed by atoms with E-state index in [1.54, 1.807) is 26.0 Å². The molecule has 3 rings (SSSR count). The van der Waals surface area contributed by atoms with Gasteiger partial charge in [-0.15, -0.1) is 0 Å². The van der Waals surface area contributed by atoms with Gasteiger partial charge in [-0.3, -0.25) is 14.6 Å². The average molecular weight is 510 g/mol. The minimum absolute atomic E-state index is 0.0169. The summed E-state index contributed by atoms with van der Waals surface area (Å²) < 4.78 is 86.0. The largest absolute Gasteiger partial charge is 0.426 e. The topological polar surface area (TPSA) is 68.3 Å². The summed E-state index contributed by atoms with van der Waals surface area (Å²) in [6.07, 6.45) is -8.73. The second-order valence-corrected chi connectivity index (χ2v) is 8.05. The van der Waals surface area contributed by atoms with Gasteiger partial charge in [0.2, 0.25) is 0 Å². The first-order valence-corrected chi connectivity index (χ1v) is 10.6. The molecule has 1 aromatic heterocycles. The fraction of sp³-hybridized carbons (Fsp3) is 0.240. The number of rotatable bonds is 6. The Morgan fingerprint density at radius 2 is 1.56 bits per heavy atom. The number of halogens is 6. The molecule has 1 amide bonds. The highest BCUT2D eigenvalue weighted by Crippen LogP contribution is 2.40. The summed E-state index contributed by atoms with van der Waals surface area (Å²) >= 11 is 0. The van der Waals surface area contributed by atoms with E-state index in [1.165, 1.54) is 30.5 Å². The van der Waals surface area contributed by atoms with Gasteiger partial charge in [0.15, 0.2) is 0 Å². The van der Waals surface area contributed by atoms with Crippen molar-refractivity contribution in [3.05, 3.63) is 83.2 Å². The third-order valence-electron chi connectivity index (χ3n) is 5.04. The zero-order chi connectivity index (χ0) is 26.7. The summed E-state index contributed by atoms with van der Waals surface area (Å²) in [6, 6.07) is 9.68. The molecule has 0 aliphatic heterocycles. The smallest absolute Gasteiger partial charge is 0.416 e. The second kappa shape index (κ2) is 10.4. The highest BCUT2D eigenvalue weighted by atomic mass is 19.4. The van der Waals surface area contributed by atoms with Crippen molar-refractivity contribution in [2.45, 2.75) is 32.7 Å². The van der Waals surface area contributed by atoms with Gasteiger partial charge in [0.05, 0.1) is 17.0 Å². The van der Waals surface area contributed by atoms with E-state index in [1.807, 2.05) is 0 Å². The van der Waals surface area contributed by atoms with Gasteiger partial charge in [-0.05, 0) is 47.5 Å². The van der Waals surface area contributed by atoms with E-state index in [2.05, 4.69) is 10.3 Å². The summed E-state index contributed by atoms with van der Waals surface area (Å²) in [4.78, 5) is 28.6. The number of carbonyl (C=O) groups excluding carboxylic acids is 2. The van der Waals surface area contributed by atoms with E-state index < -0.39 is 46.8 Å². The van der Waals surface area contributed by atoms with Crippen LogP contribution >= 0.6 is 0 Å². The van der Waals surface area contributed by atoms with Crippen LogP contribution in [-0.2, 0) is 23.7 Å². The number of amides is 1. The Morgan fingerprint density at radius 1 is 0.917 bits per heavy atom. The van der Waals surface area contributed by atoms with Crippen LogP contribution in [0.25, 0.3) is 11.1 Å². The Labute approximate surface area is 202 Å². The van der Waals surface area contributed by atoms with Crippen LogP contribution in [0, 0.1) is 5.92 Å². The lowest BCUT2D eigenvalue weighted by molar-refractivity contribution is -0.143. The van der Waals surface area contributed by atoms with Crippen LogP contribution in [-0.4, -0.2) is 16.9 Å². The highest BCUT2D eigenvalue weighted by molar-refractivity contribution is 5.92. The number of hydrogen-bond acceptors (Lipinski definition) is 4. The molecule has 0 spiro atoms. The molecule has 0 fully saturated rings. The van der Waals surface area contributed by atoms with Gasteiger partial charge >= 0.3 is 18.3 Å². The van der Waals surface area contributed by atoms with Crippen LogP contribution in [0.5, 0.6) is 5.75 Å². The molecule has 190 valence electrons. The molecule has 0 bridgehead atoms. The van der Waals surface area contributed by atoms with Crippen molar-refractivity contribution in [2.24, 2.45) is 5.92 Å². The maximum Gasteiger partial charge on any atom is 0.416 e. The lowest BCUT2D eigenvalue weighted by Gasteiger charge is -2.19. The van der Waals surface area contributed by atoms with Gasteiger partial charge in [0, 0.05) is 18.3 Å². The van der Waals surface area contributed by atoms with Gasteiger partial charge in [-0.25, -0.2) is 0 Å². The van der Waals surface area contributed by atoms with Crippen molar-refractivity contribution >= 4 is 11.9 Å².